The molecule has 0 N–H and O–H groups in total. The summed E-state index contributed by atoms with van der Waals surface area (Å²) < 4.78 is 26.3. The summed E-state index contributed by atoms with van der Waals surface area (Å²) in [4.78, 5) is 22.8. The predicted molar refractivity (Wildman–Crippen MR) is 118 cm³/mol. The highest BCUT2D eigenvalue weighted by Crippen LogP contribution is 2.32. The summed E-state index contributed by atoms with van der Waals surface area (Å²) in [6, 6.07) is 7.57. The van der Waals surface area contributed by atoms with Gasteiger partial charge in [-0.05, 0) is 24.1 Å². The average Bonchev–Trinajstić information content (AvgIpc) is 3.35. The Morgan fingerprint density at radius 2 is 2.13 bits per heavy atom. The van der Waals surface area contributed by atoms with Gasteiger partial charge >= 0.3 is 0 Å². The lowest BCUT2D eigenvalue weighted by atomic mass is 10.0. The molecule has 4 rings (SSSR count). The van der Waals surface area contributed by atoms with Crippen LogP contribution in [0.1, 0.15) is 41.4 Å². The van der Waals surface area contributed by atoms with E-state index in [1.807, 2.05) is 13.0 Å². The summed E-state index contributed by atoms with van der Waals surface area (Å²) in [5, 5.41) is 10.1. The Labute approximate surface area is 184 Å². The molecule has 0 fully saturated rings. The highest BCUT2D eigenvalue weighted by atomic mass is 32.3. The van der Waals surface area contributed by atoms with Crippen molar-refractivity contribution in [2.24, 2.45) is 0 Å². The maximum Gasteiger partial charge on any atom is 0.254 e. The number of unbranched alkanes of at least 4 members (excludes halogenated alkanes) is 1. The van der Waals surface area contributed by atoms with Crippen molar-refractivity contribution in [3.63, 3.8) is 0 Å². The number of hydrogen-bond acceptors (Lipinski definition) is 7. The van der Waals surface area contributed by atoms with E-state index in [-0.39, 0.29) is 22.4 Å². The van der Waals surface area contributed by atoms with Crippen molar-refractivity contribution >= 4 is 33.2 Å². The Hall–Kier alpha value is -2.90. The minimum atomic E-state index is -3.24. The molecule has 0 aliphatic carbocycles. The molecular formula is C21H21N5O3S2. The van der Waals surface area contributed by atoms with Crippen LogP contribution in [0, 0.1) is 11.3 Å². The maximum absolute atomic E-state index is 12.3. The number of aromatic nitrogens is 3. The molecule has 1 aliphatic heterocycles. The molecule has 0 spiro atoms. The van der Waals surface area contributed by atoms with Gasteiger partial charge in [-0.2, -0.15) is 5.26 Å². The molecule has 1 aromatic carbocycles. The summed E-state index contributed by atoms with van der Waals surface area (Å²) in [6.07, 6.45) is 4.72. The summed E-state index contributed by atoms with van der Waals surface area (Å²) in [6.45, 7) is 2.46. The molecule has 160 valence electrons. The van der Waals surface area contributed by atoms with Crippen LogP contribution in [0.5, 0.6) is 0 Å². The van der Waals surface area contributed by atoms with Crippen LogP contribution in [-0.2, 0) is 16.4 Å². The zero-order valence-electron chi connectivity index (χ0n) is 17.2. The molecule has 3 heterocycles. The van der Waals surface area contributed by atoms with Crippen LogP contribution in [0.2, 0.25) is 0 Å². The van der Waals surface area contributed by atoms with E-state index in [1.54, 1.807) is 40.9 Å². The van der Waals surface area contributed by atoms with Crippen LogP contribution in [0.15, 0.2) is 35.6 Å². The van der Waals surface area contributed by atoms with Gasteiger partial charge in [0.2, 0.25) is 0 Å². The lowest BCUT2D eigenvalue weighted by Crippen LogP contribution is -2.17. The number of benzene rings is 1. The first-order chi connectivity index (χ1) is 14.8. The van der Waals surface area contributed by atoms with Gasteiger partial charge in [-0.1, -0.05) is 31.2 Å². The van der Waals surface area contributed by atoms with Crippen molar-refractivity contribution in [1.29, 1.82) is 5.26 Å². The van der Waals surface area contributed by atoms with Gasteiger partial charge in [0.25, 0.3) is 5.91 Å². The maximum atomic E-state index is 12.3. The first-order valence-corrected chi connectivity index (χ1v) is 12.6. The summed E-state index contributed by atoms with van der Waals surface area (Å²) in [7, 11) is -1.49. The van der Waals surface area contributed by atoms with E-state index in [0.717, 1.165) is 29.3 Å². The minimum absolute atomic E-state index is 0.0192. The largest absolute Gasteiger partial charge is 0.337 e. The third-order valence-corrected chi connectivity index (χ3v) is 8.63. The van der Waals surface area contributed by atoms with Crippen LogP contribution < -0.4 is 0 Å². The molecule has 0 bridgehead atoms. The normalized spacial score (nSPS) is 13.6. The fraction of sp³-hybridized carbons (Fsp3) is 0.333. The van der Waals surface area contributed by atoms with Gasteiger partial charge in [-0.25, -0.2) is 18.4 Å². The van der Waals surface area contributed by atoms with Crippen LogP contribution in [0.3, 0.4) is 0 Å². The number of carbonyl (C=O) groups is 1. The Balaban J connectivity index is 1.75. The van der Waals surface area contributed by atoms with Crippen LogP contribution >= 0.6 is 11.8 Å². The number of rotatable bonds is 7. The molecule has 0 unspecified atom stereocenters. The number of sulfone groups is 1. The Morgan fingerprint density at radius 3 is 2.87 bits per heavy atom. The second kappa shape index (κ2) is 8.32. The third-order valence-electron chi connectivity index (χ3n) is 5.15. The topological polar surface area (TPSA) is 108 Å². The van der Waals surface area contributed by atoms with E-state index in [4.69, 9.17) is 0 Å². The first kappa shape index (κ1) is 21.3. The Kier molecular flexibility index (Phi) is 5.73. The number of nitrogens with zero attached hydrogens (tertiary/aromatic N) is 5. The second-order valence-electron chi connectivity index (χ2n) is 7.44. The van der Waals surface area contributed by atoms with Gasteiger partial charge in [0.15, 0.2) is 21.2 Å². The van der Waals surface area contributed by atoms with E-state index < -0.39 is 9.84 Å². The van der Waals surface area contributed by atoms with E-state index in [0.29, 0.717) is 34.9 Å². The number of hydrogen-bond donors (Lipinski definition) is 0. The molecule has 0 radical (unpaired) electrons. The van der Waals surface area contributed by atoms with Gasteiger partial charge in [-0.3, -0.25) is 9.20 Å². The van der Waals surface area contributed by atoms with Crippen molar-refractivity contribution in [2.45, 2.75) is 31.3 Å². The Bertz CT molecular complexity index is 1320. The van der Waals surface area contributed by atoms with E-state index >= 15 is 0 Å². The van der Waals surface area contributed by atoms with Gasteiger partial charge < -0.3 is 4.90 Å². The van der Waals surface area contributed by atoms with Gasteiger partial charge in [0, 0.05) is 37.1 Å². The van der Waals surface area contributed by atoms with Crippen molar-refractivity contribution in [2.75, 3.05) is 17.9 Å². The van der Waals surface area contributed by atoms with E-state index in [2.05, 4.69) is 16.0 Å². The molecule has 1 amide bonds. The second-order valence-corrected chi connectivity index (χ2v) is 11.0. The van der Waals surface area contributed by atoms with Gasteiger partial charge in [0.1, 0.15) is 21.9 Å². The quantitative estimate of drug-likeness (QED) is 0.504. The van der Waals surface area contributed by atoms with Gasteiger partial charge in [0.05, 0.1) is 5.75 Å². The van der Waals surface area contributed by atoms with E-state index in [9.17, 15) is 18.5 Å². The highest BCUT2D eigenvalue weighted by molar-refractivity contribution is 8.12. The standard InChI is InChI=1S/C21H21N5O3S2/c1-3-4-9-31(28,29)13-30-21-17(11-22)24-18(19-23-7-8-26(19)21)14-5-6-16-15(10-14)12-25(2)20(16)27/h5-8,10H,3-4,9,12-13H2,1-2H3. The summed E-state index contributed by atoms with van der Waals surface area (Å²) in [5.41, 5.74) is 3.51. The molecule has 2 aromatic heterocycles. The predicted octanol–water partition coefficient (Wildman–Crippen LogP) is 3.12. The number of imidazole rings is 1. The van der Waals surface area contributed by atoms with Crippen LogP contribution in [0.25, 0.3) is 16.9 Å². The van der Waals surface area contributed by atoms with Crippen molar-refractivity contribution in [3.05, 3.63) is 47.4 Å². The van der Waals surface area contributed by atoms with Crippen LogP contribution in [-0.4, -0.2) is 51.5 Å². The molecule has 31 heavy (non-hydrogen) atoms. The summed E-state index contributed by atoms with van der Waals surface area (Å²) in [5.74, 6) is 0.105. The number of thioether (sulfide) groups is 1. The molecule has 10 heteroatoms. The zero-order valence-corrected chi connectivity index (χ0v) is 18.8. The first-order valence-electron chi connectivity index (χ1n) is 9.83. The van der Waals surface area contributed by atoms with Crippen LogP contribution in [0.4, 0.5) is 0 Å². The molecule has 0 saturated heterocycles. The van der Waals surface area contributed by atoms with Gasteiger partial charge in [-0.15, -0.1) is 0 Å². The molecule has 0 atom stereocenters. The fourth-order valence-electron chi connectivity index (χ4n) is 3.55. The lowest BCUT2D eigenvalue weighted by molar-refractivity contribution is 0.0816. The summed E-state index contributed by atoms with van der Waals surface area (Å²) >= 11 is 1.09. The molecular weight excluding hydrogens is 434 g/mol. The molecule has 8 nitrogen and oxygen atoms in total. The van der Waals surface area contributed by atoms with E-state index in [1.165, 1.54) is 0 Å². The third kappa shape index (κ3) is 4.03. The number of amides is 1. The van der Waals surface area contributed by atoms with Crippen molar-refractivity contribution < 1.29 is 13.2 Å². The van der Waals surface area contributed by atoms with Crippen molar-refractivity contribution in [1.82, 2.24) is 19.3 Å². The zero-order chi connectivity index (χ0) is 22.2. The monoisotopic (exact) mass is 455 g/mol. The molecule has 1 aliphatic rings. The minimum Gasteiger partial charge on any atom is -0.337 e. The molecule has 0 saturated carbocycles. The SMILES string of the molecule is CCCCS(=O)(=O)CSc1c(C#N)nc(-c2ccc3c(c2)CN(C)C3=O)c2nccn12. The highest BCUT2D eigenvalue weighted by Gasteiger charge is 2.26. The number of fused-ring (bicyclic) bond motifs is 2. The number of carbonyl (C=O) groups excluding carboxylic acids is 1. The Morgan fingerprint density at radius 1 is 1.32 bits per heavy atom. The fourth-order valence-corrected chi connectivity index (χ4v) is 6.43. The van der Waals surface area contributed by atoms with Crippen molar-refractivity contribution in [3.8, 4) is 17.3 Å². The average molecular weight is 456 g/mol. The molecule has 3 aromatic rings. The lowest BCUT2D eigenvalue weighted by Gasteiger charge is -2.11. The number of nitriles is 1. The smallest absolute Gasteiger partial charge is 0.254 e.